The summed E-state index contributed by atoms with van der Waals surface area (Å²) >= 11 is 0. The van der Waals surface area contributed by atoms with Gasteiger partial charge in [0.2, 0.25) is 0 Å². The molecule has 1 unspecified atom stereocenters. The van der Waals surface area contributed by atoms with Crippen LogP contribution in [0.3, 0.4) is 0 Å². The second kappa shape index (κ2) is 7.12. The summed E-state index contributed by atoms with van der Waals surface area (Å²) in [6, 6.07) is 12.2. The Morgan fingerprint density at radius 2 is 2.00 bits per heavy atom. The number of hydrogen-bond acceptors (Lipinski definition) is 3. The van der Waals surface area contributed by atoms with Crippen LogP contribution in [-0.4, -0.2) is 23.6 Å². The van der Waals surface area contributed by atoms with Gasteiger partial charge in [0.05, 0.1) is 17.7 Å². The van der Waals surface area contributed by atoms with Crippen molar-refractivity contribution in [2.45, 2.75) is 12.6 Å². The first-order chi connectivity index (χ1) is 10.5. The fourth-order valence-corrected chi connectivity index (χ4v) is 2.28. The van der Waals surface area contributed by atoms with Crippen molar-refractivity contribution in [3.05, 3.63) is 70.8 Å². The molecule has 0 aromatic heterocycles. The van der Waals surface area contributed by atoms with Crippen LogP contribution in [0.1, 0.15) is 22.8 Å². The third-order valence-corrected chi connectivity index (χ3v) is 3.31. The van der Waals surface area contributed by atoms with Gasteiger partial charge in [-0.1, -0.05) is 12.1 Å². The molecule has 0 bridgehead atoms. The Hall–Kier alpha value is -2.29. The Labute approximate surface area is 128 Å². The van der Waals surface area contributed by atoms with Gasteiger partial charge < -0.3 is 5.11 Å². The molecule has 0 saturated carbocycles. The summed E-state index contributed by atoms with van der Waals surface area (Å²) in [6.07, 6.45) is -1.13. The van der Waals surface area contributed by atoms with Gasteiger partial charge in [0.25, 0.3) is 0 Å². The highest BCUT2D eigenvalue weighted by atomic mass is 19.1. The standard InChI is InChI=1S/C17H16F2N2O/c1-21(10-13-4-2-3-12(7-13)9-20)11-17(22)15-8-14(18)5-6-16(15)19/h2-8,17,22H,10-11H2,1H3. The van der Waals surface area contributed by atoms with E-state index in [9.17, 15) is 13.9 Å². The Morgan fingerprint density at radius 1 is 1.23 bits per heavy atom. The zero-order valence-electron chi connectivity index (χ0n) is 12.1. The quantitative estimate of drug-likeness (QED) is 0.923. The topological polar surface area (TPSA) is 47.3 Å². The third-order valence-electron chi connectivity index (χ3n) is 3.31. The van der Waals surface area contributed by atoms with Gasteiger partial charge in [-0.25, -0.2) is 8.78 Å². The molecule has 0 aliphatic carbocycles. The smallest absolute Gasteiger partial charge is 0.129 e. The molecule has 22 heavy (non-hydrogen) atoms. The van der Waals surface area contributed by atoms with E-state index in [-0.39, 0.29) is 12.1 Å². The number of nitrogens with zero attached hydrogens (tertiary/aromatic N) is 2. The molecule has 0 amide bonds. The van der Waals surface area contributed by atoms with Crippen molar-refractivity contribution in [3.8, 4) is 6.07 Å². The van der Waals surface area contributed by atoms with Crippen LogP contribution in [-0.2, 0) is 6.54 Å². The second-order valence-electron chi connectivity index (χ2n) is 5.19. The minimum atomic E-state index is -1.13. The van der Waals surface area contributed by atoms with Crippen LogP contribution in [0.2, 0.25) is 0 Å². The van der Waals surface area contributed by atoms with Crippen LogP contribution in [0.5, 0.6) is 0 Å². The summed E-state index contributed by atoms with van der Waals surface area (Å²) in [5.41, 5.74) is 1.41. The van der Waals surface area contributed by atoms with E-state index in [1.807, 2.05) is 6.07 Å². The van der Waals surface area contributed by atoms with Crippen molar-refractivity contribution in [1.29, 1.82) is 5.26 Å². The fraction of sp³-hybridized carbons (Fsp3) is 0.235. The highest BCUT2D eigenvalue weighted by Gasteiger charge is 2.16. The van der Waals surface area contributed by atoms with E-state index in [1.54, 1.807) is 30.1 Å². The molecule has 2 rings (SSSR count). The first-order valence-corrected chi connectivity index (χ1v) is 6.80. The zero-order valence-corrected chi connectivity index (χ0v) is 12.1. The summed E-state index contributed by atoms with van der Waals surface area (Å²) in [5.74, 6) is -1.21. The molecule has 3 nitrogen and oxygen atoms in total. The summed E-state index contributed by atoms with van der Waals surface area (Å²) in [7, 11) is 1.76. The zero-order chi connectivity index (χ0) is 16.1. The number of halogens is 2. The molecule has 0 fully saturated rings. The van der Waals surface area contributed by atoms with Gasteiger partial charge in [-0.2, -0.15) is 5.26 Å². The van der Waals surface area contributed by atoms with Gasteiger partial charge in [0, 0.05) is 18.7 Å². The number of benzene rings is 2. The molecule has 0 spiro atoms. The van der Waals surface area contributed by atoms with Crippen molar-refractivity contribution >= 4 is 0 Å². The van der Waals surface area contributed by atoms with Gasteiger partial charge in [-0.05, 0) is 42.9 Å². The van der Waals surface area contributed by atoms with E-state index in [1.165, 1.54) is 0 Å². The molecule has 1 atom stereocenters. The molecular formula is C17H16F2N2O. The van der Waals surface area contributed by atoms with Gasteiger partial charge in [0.15, 0.2) is 0 Å². The van der Waals surface area contributed by atoms with Crippen LogP contribution in [0.25, 0.3) is 0 Å². The van der Waals surface area contributed by atoms with Crippen LogP contribution in [0.4, 0.5) is 8.78 Å². The lowest BCUT2D eigenvalue weighted by Crippen LogP contribution is -2.24. The van der Waals surface area contributed by atoms with E-state index in [0.29, 0.717) is 12.1 Å². The van der Waals surface area contributed by atoms with E-state index in [4.69, 9.17) is 5.26 Å². The summed E-state index contributed by atoms with van der Waals surface area (Å²) < 4.78 is 26.8. The normalized spacial score (nSPS) is 12.2. The van der Waals surface area contributed by atoms with Crippen LogP contribution >= 0.6 is 0 Å². The maximum atomic E-state index is 13.6. The maximum Gasteiger partial charge on any atom is 0.129 e. The van der Waals surface area contributed by atoms with Crippen molar-refractivity contribution in [1.82, 2.24) is 4.90 Å². The van der Waals surface area contributed by atoms with Crippen molar-refractivity contribution in [3.63, 3.8) is 0 Å². The van der Waals surface area contributed by atoms with Crippen LogP contribution in [0.15, 0.2) is 42.5 Å². The Bertz CT molecular complexity index is 697. The van der Waals surface area contributed by atoms with E-state index in [0.717, 1.165) is 23.8 Å². The molecule has 0 aliphatic rings. The first-order valence-electron chi connectivity index (χ1n) is 6.80. The number of likely N-dealkylation sites (N-methyl/N-ethyl adjacent to an activating group) is 1. The molecule has 5 heteroatoms. The van der Waals surface area contributed by atoms with Crippen LogP contribution < -0.4 is 0 Å². The number of rotatable bonds is 5. The Kier molecular flexibility index (Phi) is 5.21. The Balaban J connectivity index is 2.03. The average Bonchev–Trinajstić information content (AvgIpc) is 2.49. The number of aliphatic hydroxyl groups is 1. The van der Waals surface area contributed by atoms with Gasteiger partial charge in [-0.15, -0.1) is 0 Å². The first kappa shape index (κ1) is 16.1. The van der Waals surface area contributed by atoms with E-state index >= 15 is 0 Å². The lowest BCUT2D eigenvalue weighted by Gasteiger charge is -2.21. The van der Waals surface area contributed by atoms with Crippen molar-refractivity contribution in [2.75, 3.05) is 13.6 Å². The van der Waals surface area contributed by atoms with E-state index in [2.05, 4.69) is 6.07 Å². The molecule has 0 heterocycles. The van der Waals surface area contributed by atoms with Gasteiger partial charge in [0.1, 0.15) is 11.6 Å². The molecule has 0 saturated heterocycles. The minimum Gasteiger partial charge on any atom is -0.387 e. The monoisotopic (exact) mass is 302 g/mol. The number of hydrogen-bond donors (Lipinski definition) is 1. The van der Waals surface area contributed by atoms with Gasteiger partial charge >= 0.3 is 0 Å². The highest BCUT2D eigenvalue weighted by molar-refractivity contribution is 5.32. The van der Waals surface area contributed by atoms with Crippen molar-refractivity contribution in [2.24, 2.45) is 0 Å². The average molecular weight is 302 g/mol. The number of aliphatic hydroxyl groups excluding tert-OH is 1. The largest absolute Gasteiger partial charge is 0.387 e. The molecule has 1 N–H and O–H groups in total. The molecule has 0 aliphatic heterocycles. The lowest BCUT2D eigenvalue weighted by atomic mass is 10.1. The van der Waals surface area contributed by atoms with E-state index < -0.39 is 17.7 Å². The molecular weight excluding hydrogens is 286 g/mol. The molecule has 2 aromatic rings. The predicted molar refractivity (Wildman–Crippen MR) is 78.8 cm³/mol. The number of nitriles is 1. The second-order valence-corrected chi connectivity index (χ2v) is 5.19. The third kappa shape index (κ3) is 4.10. The Morgan fingerprint density at radius 3 is 2.73 bits per heavy atom. The summed E-state index contributed by atoms with van der Waals surface area (Å²) in [6.45, 7) is 0.640. The molecule has 114 valence electrons. The van der Waals surface area contributed by atoms with Crippen LogP contribution in [0, 0.1) is 23.0 Å². The molecule has 2 aromatic carbocycles. The lowest BCUT2D eigenvalue weighted by molar-refractivity contribution is 0.120. The summed E-state index contributed by atoms with van der Waals surface area (Å²) in [5, 5.41) is 18.9. The molecule has 0 radical (unpaired) electrons. The predicted octanol–water partition coefficient (Wildman–Crippen LogP) is 3.00. The fourth-order valence-electron chi connectivity index (χ4n) is 2.28. The van der Waals surface area contributed by atoms with Crippen molar-refractivity contribution < 1.29 is 13.9 Å². The highest BCUT2D eigenvalue weighted by Crippen LogP contribution is 2.19. The maximum absolute atomic E-state index is 13.6. The van der Waals surface area contributed by atoms with Gasteiger partial charge in [-0.3, -0.25) is 4.90 Å². The minimum absolute atomic E-state index is 0.0578. The summed E-state index contributed by atoms with van der Waals surface area (Å²) in [4.78, 5) is 1.78. The SMILES string of the molecule is CN(Cc1cccc(C#N)c1)CC(O)c1cc(F)ccc1F.